The minimum Gasteiger partial charge on any atom is -0.356 e. The van der Waals surface area contributed by atoms with Crippen molar-refractivity contribution < 1.29 is 4.79 Å². The highest BCUT2D eigenvalue weighted by Crippen LogP contribution is 2.25. The summed E-state index contributed by atoms with van der Waals surface area (Å²) in [7, 11) is 0. The topological polar surface area (TPSA) is 64.3 Å². The lowest BCUT2D eigenvalue weighted by Gasteiger charge is -2.32. The number of aryl methyl sites for hydroxylation is 1. The molecule has 2 aliphatic rings. The largest absolute Gasteiger partial charge is 0.356 e. The van der Waals surface area contributed by atoms with Gasteiger partial charge in [0.2, 0.25) is 11.9 Å². The molecule has 1 amide bonds. The Morgan fingerprint density at radius 3 is 2.74 bits per heavy atom. The third-order valence-electron chi connectivity index (χ3n) is 7.74. The molecule has 2 aliphatic heterocycles. The first kappa shape index (κ1) is 23.9. The van der Waals surface area contributed by atoms with Crippen LogP contribution in [0.15, 0.2) is 48.5 Å². The van der Waals surface area contributed by atoms with Crippen LogP contribution in [0.4, 0.5) is 5.95 Å². The first-order valence-electron chi connectivity index (χ1n) is 13.4. The Kier molecular flexibility index (Phi) is 7.67. The van der Waals surface area contributed by atoms with Crippen molar-refractivity contribution in [2.45, 2.75) is 45.4 Å². The zero-order chi connectivity index (χ0) is 24.0. The van der Waals surface area contributed by atoms with Gasteiger partial charge in [-0.3, -0.25) is 4.79 Å². The molecule has 2 N–H and O–H groups in total. The summed E-state index contributed by atoms with van der Waals surface area (Å²) in [6.07, 6.45) is 6.76. The SMILES string of the molecule is Cc1ccc2nc(N3CCC[C@H](C(=O)NCCCN4CCC(Cc5ccccc5)CC4)C3)[nH]c2c1. The van der Waals surface area contributed by atoms with Crippen LogP contribution in [0.2, 0.25) is 0 Å². The predicted octanol–water partition coefficient (Wildman–Crippen LogP) is 4.55. The van der Waals surface area contributed by atoms with E-state index in [1.54, 1.807) is 0 Å². The van der Waals surface area contributed by atoms with E-state index < -0.39 is 0 Å². The fraction of sp³-hybridized carbons (Fsp3) is 0.517. The van der Waals surface area contributed by atoms with E-state index in [9.17, 15) is 4.79 Å². The zero-order valence-corrected chi connectivity index (χ0v) is 21.0. The molecule has 0 bridgehead atoms. The van der Waals surface area contributed by atoms with Gasteiger partial charge in [0.05, 0.1) is 17.0 Å². The van der Waals surface area contributed by atoms with Crippen LogP contribution in [0.3, 0.4) is 0 Å². The molecule has 186 valence electrons. The number of piperidine rings is 2. The predicted molar refractivity (Wildman–Crippen MR) is 143 cm³/mol. The Bertz CT molecular complexity index is 1100. The van der Waals surface area contributed by atoms with Gasteiger partial charge in [-0.15, -0.1) is 0 Å². The van der Waals surface area contributed by atoms with Crippen LogP contribution < -0.4 is 10.2 Å². The summed E-state index contributed by atoms with van der Waals surface area (Å²) in [5.74, 6) is 1.92. The maximum absolute atomic E-state index is 12.9. The van der Waals surface area contributed by atoms with Crippen molar-refractivity contribution in [3.05, 3.63) is 59.7 Å². The third kappa shape index (κ3) is 6.23. The van der Waals surface area contributed by atoms with Gasteiger partial charge < -0.3 is 20.1 Å². The standard InChI is InChI=1S/C29H39N5O/c1-22-10-11-26-27(19-22)32-29(31-26)34-16-5-9-25(21-34)28(35)30-14-6-15-33-17-12-24(13-18-33)20-23-7-3-2-4-8-23/h2-4,7-8,10-11,19,24-25H,5-6,9,12-18,20-21H2,1H3,(H,30,35)(H,31,32)/t25-/m0/s1. The van der Waals surface area contributed by atoms with Gasteiger partial charge in [-0.05, 0) is 94.3 Å². The van der Waals surface area contributed by atoms with Crippen molar-refractivity contribution in [2.24, 2.45) is 11.8 Å². The Morgan fingerprint density at radius 1 is 1.09 bits per heavy atom. The number of aromatic amines is 1. The maximum Gasteiger partial charge on any atom is 0.224 e. The van der Waals surface area contributed by atoms with Crippen LogP contribution in [0.25, 0.3) is 11.0 Å². The van der Waals surface area contributed by atoms with Gasteiger partial charge in [-0.25, -0.2) is 4.98 Å². The number of H-pyrrole nitrogens is 1. The molecular formula is C29H39N5O. The van der Waals surface area contributed by atoms with E-state index in [2.05, 4.69) is 75.6 Å². The number of amides is 1. The molecule has 0 unspecified atom stereocenters. The number of anilines is 1. The molecule has 2 aromatic carbocycles. The number of aromatic nitrogens is 2. The minimum atomic E-state index is 0.0347. The van der Waals surface area contributed by atoms with E-state index in [4.69, 9.17) is 4.98 Å². The normalized spacial score (nSPS) is 19.8. The Morgan fingerprint density at radius 2 is 1.91 bits per heavy atom. The van der Waals surface area contributed by atoms with E-state index in [-0.39, 0.29) is 11.8 Å². The quantitative estimate of drug-likeness (QED) is 0.471. The zero-order valence-electron chi connectivity index (χ0n) is 21.0. The highest BCUT2D eigenvalue weighted by atomic mass is 16.1. The number of imidazole rings is 1. The molecule has 2 fully saturated rings. The summed E-state index contributed by atoms with van der Waals surface area (Å²) in [4.78, 5) is 25.9. The van der Waals surface area contributed by atoms with Crippen LogP contribution in [-0.4, -0.2) is 60.0 Å². The number of carbonyl (C=O) groups is 1. The third-order valence-corrected chi connectivity index (χ3v) is 7.74. The van der Waals surface area contributed by atoms with Gasteiger partial charge in [-0.1, -0.05) is 36.4 Å². The van der Waals surface area contributed by atoms with Crippen molar-refractivity contribution in [3.8, 4) is 0 Å². The lowest BCUT2D eigenvalue weighted by atomic mass is 9.90. The van der Waals surface area contributed by atoms with E-state index in [0.29, 0.717) is 0 Å². The number of nitrogens with zero attached hydrogens (tertiary/aromatic N) is 3. The molecule has 6 heteroatoms. The van der Waals surface area contributed by atoms with Crippen LogP contribution in [-0.2, 0) is 11.2 Å². The number of hydrogen-bond donors (Lipinski definition) is 2. The fourth-order valence-corrected chi connectivity index (χ4v) is 5.66. The molecular weight excluding hydrogens is 434 g/mol. The van der Waals surface area contributed by atoms with E-state index >= 15 is 0 Å². The summed E-state index contributed by atoms with van der Waals surface area (Å²) >= 11 is 0. The van der Waals surface area contributed by atoms with Crippen molar-refractivity contribution in [3.63, 3.8) is 0 Å². The van der Waals surface area contributed by atoms with Gasteiger partial charge in [0.25, 0.3) is 0 Å². The lowest BCUT2D eigenvalue weighted by molar-refractivity contribution is -0.125. The van der Waals surface area contributed by atoms with E-state index in [1.165, 1.54) is 43.5 Å². The van der Waals surface area contributed by atoms with E-state index in [1.807, 2.05) is 0 Å². The number of benzene rings is 2. The van der Waals surface area contributed by atoms with Crippen LogP contribution in [0.5, 0.6) is 0 Å². The maximum atomic E-state index is 12.9. The Hall–Kier alpha value is -2.86. The minimum absolute atomic E-state index is 0.0347. The fourth-order valence-electron chi connectivity index (χ4n) is 5.66. The van der Waals surface area contributed by atoms with Crippen LogP contribution >= 0.6 is 0 Å². The second-order valence-corrected chi connectivity index (χ2v) is 10.5. The molecule has 3 heterocycles. The van der Waals surface area contributed by atoms with Gasteiger partial charge in [0, 0.05) is 19.6 Å². The average molecular weight is 474 g/mol. The van der Waals surface area contributed by atoms with Gasteiger partial charge in [0.1, 0.15) is 0 Å². The van der Waals surface area contributed by atoms with Crippen molar-refractivity contribution >= 4 is 22.9 Å². The van der Waals surface area contributed by atoms with Crippen LogP contribution in [0, 0.1) is 18.8 Å². The molecule has 5 rings (SSSR count). The first-order chi connectivity index (χ1) is 17.1. The Balaban J connectivity index is 1.02. The number of carbonyl (C=O) groups excluding carboxylic acids is 1. The molecule has 1 aromatic heterocycles. The van der Waals surface area contributed by atoms with Crippen molar-refractivity contribution in [1.82, 2.24) is 20.2 Å². The second-order valence-electron chi connectivity index (χ2n) is 10.5. The smallest absolute Gasteiger partial charge is 0.224 e. The number of fused-ring (bicyclic) bond motifs is 1. The molecule has 2 saturated heterocycles. The molecule has 1 atom stereocenters. The summed E-state index contributed by atoms with van der Waals surface area (Å²) < 4.78 is 0. The summed E-state index contributed by atoms with van der Waals surface area (Å²) in [6.45, 7) is 7.98. The van der Waals surface area contributed by atoms with Gasteiger partial charge in [-0.2, -0.15) is 0 Å². The second kappa shape index (κ2) is 11.3. The highest BCUT2D eigenvalue weighted by molar-refractivity contribution is 5.80. The molecule has 0 spiro atoms. The monoisotopic (exact) mass is 473 g/mol. The molecule has 6 nitrogen and oxygen atoms in total. The summed E-state index contributed by atoms with van der Waals surface area (Å²) in [5, 5.41) is 3.22. The molecule has 0 saturated carbocycles. The highest BCUT2D eigenvalue weighted by Gasteiger charge is 2.27. The number of nitrogens with one attached hydrogen (secondary N) is 2. The van der Waals surface area contributed by atoms with E-state index in [0.717, 1.165) is 68.3 Å². The van der Waals surface area contributed by atoms with Gasteiger partial charge >= 0.3 is 0 Å². The molecule has 3 aromatic rings. The summed E-state index contributed by atoms with van der Waals surface area (Å²) in [5.41, 5.74) is 4.74. The van der Waals surface area contributed by atoms with Crippen molar-refractivity contribution in [1.29, 1.82) is 0 Å². The number of hydrogen-bond acceptors (Lipinski definition) is 4. The molecule has 35 heavy (non-hydrogen) atoms. The first-order valence-corrected chi connectivity index (χ1v) is 13.4. The Labute approximate surface area is 209 Å². The molecule has 0 radical (unpaired) electrons. The number of rotatable bonds is 8. The molecule has 0 aliphatic carbocycles. The van der Waals surface area contributed by atoms with Crippen LogP contribution in [0.1, 0.15) is 43.2 Å². The number of likely N-dealkylation sites (tertiary alicyclic amines) is 1. The average Bonchev–Trinajstić information content (AvgIpc) is 3.31. The lowest BCUT2D eigenvalue weighted by Crippen LogP contribution is -2.44. The summed E-state index contributed by atoms with van der Waals surface area (Å²) in [6, 6.07) is 17.2. The van der Waals surface area contributed by atoms with Gasteiger partial charge in [0.15, 0.2) is 0 Å². The van der Waals surface area contributed by atoms with Crippen molar-refractivity contribution in [2.75, 3.05) is 44.2 Å².